The van der Waals surface area contributed by atoms with Gasteiger partial charge >= 0.3 is 6.18 Å². The molecule has 0 bridgehead atoms. The summed E-state index contributed by atoms with van der Waals surface area (Å²) in [5, 5.41) is 4.08. The zero-order valence-corrected chi connectivity index (χ0v) is 18.8. The number of halogens is 3. The molecule has 0 saturated carbocycles. The Bertz CT molecular complexity index is 1570. The number of fused-ring (bicyclic) bond motifs is 3. The summed E-state index contributed by atoms with van der Waals surface area (Å²) in [6.45, 7) is 0. The van der Waals surface area contributed by atoms with E-state index in [0.717, 1.165) is 33.7 Å². The van der Waals surface area contributed by atoms with Gasteiger partial charge in [-0.25, -0.2) is 9.19 Å². The van der Waals surface area contributed by atoms with E-state index in [9.17, 15) is 17.4 Å². The maximum atomic E-state index is 13.7. The van der Waals surface area contributed by atoms with Crippen molar-refractivity contribution in [2.45, 2.75) is 6.18 Å². The molecule has 176 valence electrons. The van der Waals surface area contributed by atoms with Crippen LogP contribution in [-0.4, -0.2) is 13.7 Å². The third-order valence-electron chi connectivity index (χ3n) is 5.66. The van der Waals surface area contributed by atoms with Crippen LogP contribution in [0.2, 0.25) is 0 Å². The van der Waals surface area contributed by atoms with Gasteiger partial charge in [-0.05, 0) is 51.9 Å². The van der Waals surface area contributed by atoms with Crippen LogP contribution >= 0.6 is 0 Å². The van der Waals surface area contributed by atoms with Gasteiger partial charge in [0.15, 0.2) is 0 Å². The van der Waals surface area contributed by atoms with Crippen LogP contribution in [0.1, 0.15) is 5.56 Å². The van der Waals surface area contributed by atoms with E-state index in [1.807, 2.05) is 48.5 Å². The molecule has 4 aromatic carbocycles. The summed E-state index contributed by atoms with van der Waals surface area (Å²) in [6, 6.07) is 25.8. The summed E-state index contributed by atoms with van der Waals surface area (Å²) in [5.41, 5.74) is 3.62. The van der Waals surface area contributed by atoms with Gasteiger partial charge in [-0.3, -0.25) is 4.55 Å². The molecule has 0 aliphatic heterocycles. The van der Waals surface area contributed by atoms with Gasteiger partial charge in [0.05, 0.1) is 17.0 Å². The molecule has 5 rings (SSSR count). The van der Waals surface area contributed by atoms with Crippen molar-refractivity contribution in [1.82, 2.24) is 9.82 Å². The van der Waals surface area contributed by atoms with Crippen LogP contribution in [0, 0.1) is 0 Å². The molecule has 5 nitrogen and oxygen atoms in total. The minimum atomic E-state index is -4.55. The number of nitrogens with one attached hydrogen (secondary N) is 2. The second-order valence-corrected chi connectivity index (χ2v) is 8.60. The first-order chi connectivity index (χ1) is 16.8. The number of benzene rings is 4. The molecule has 0 aliphatic rings. The SMILES string of the molecule is O=S(O)NNc1ccc(-c2cc(C(F)(F)F)cc(-c3ccc4c(ccc5ccccc54)c3)n2)cc1. The summed E-state index contributed by atoms with van der Waals surface area (Å²) in [7, 11) is 0. The maximum absolute atomic E-state index is 13.7. The number of anilines is 1. The number of pyridine rings is 1. The number of alkyl halides is 3. The zero-order valence-electron chi connectivity index (χ0n) is 18.0. The fourth-order valence-corrected chi connectivity index (χ4v) is 4.19. The molecule has 1 aromatic heterocycles. The fraction of sp³-hybridized carbons (Fsp3) is 0.0385. The van der Waals surface area contributed by atoms with Crippen molar-refractivity contribution >= 4 is 38.5 Å². The van der Waals surface area contributed by atoms with Crippen LogP contribution in [0.5, 0.6) is 0 Å². The molecule has 3 N–H and O–H groups in total. The van der Waals surface area contributed by atoms with Crippen molar-refractivity contribution in [3.8, 4) is 22.5 Å². The molecule has 0 radical (unpaired) electrons. The van der Waals surface area contributed by atoms with Gasteiger partial charge in [0.2, 0.25) is 11.3 Å². The smallest absolute Gasteiger partial charge is 0.308 e. The lowest BCUT2D eigenvalue weighted by molar-refractivity contribution is -0.137. The highest BCUT2D eigenvalue weighted by Gasteiger charge is 2.32. The highest BCUT2D eigenvalue weighted by Crippen LogP contribution is 2.36. The fourth-order valence-electron chi connectivity index (χ4n) is 3.99. The predicted octanol–water partition coefficient (Wildman–Crippen LogP) is 6.79. The lowest BCUT2D eigenvalue weighted by Crippen LogP contribution is -2.23. The van der Waals surface area contributed by atoms with E-state index in [2.05, 4.69) is 15.2 Å². The molecular weight excluding hydrogens is 475 g/mol. The second-order valence-electron chi connectivity index (χ2n) is 7.90. The van der Waals surface area contributed by atoms with E-state index in [4.69, 9.17) is 4.55 Å². The number of nitrogens with zero attached hydrogens (tertiary/aromatic N) is 1. The number of aromatic nitrogens is 1. The zero-order chi connectivity index (χ0) is 24.6. The van der Waals surface area contributed by atoms with Gasteiger partial charge in [0.25, 0.3) is 0 Å². The molecule has 35 heavy (non-hydrogen) atoms. The van der Waals surface area contributed by atoms with Crippen molar-refractivity contribution in [1.29, 1.82) is 0 Å². The molecular formula is C26H18F3N3O2S. The average Bonchev–Trinajstić information content (AvgIpc) is 2.86. The van der Waals surface area contributed by atoms with Crippen molar-refractivity contribution < 1.29 is 21.9 Å². The van der Waals surface area contributed by atoms with Crippen molar-refractivity contribution in [2.24, 2.45) is 0 Å². The number of hydrogen-bond donors (Lipinski definition) is 3. The minimum Gasteiger partial charge on any atom is -0.308 e. The van der Waals surface area contributed by atoms with Gasteiger partial charge in [-0.2, -0.15) is 13.2 Å². The molecule has 5 aromatic rings. The number of hydrazine groups is 1. The lowest BCUT2D eigenvalue weighted by atomic mass is 9.98. The van der Waals surface area contributed by atoms with Gasteiger partial charge in [0, 0.05) is 16.8 Å². The summed E-state index contributed by atoms with van der Waals surface area (Å²) in [6.07, 6.45) is -4.55. The quantitative estimate of drug-likeness (QED) is 0.143. The predicted molar refractivity (Wildman–Crippen MR) is 133 cm³/mol. The van der Waals surface area contributed by atoms with E-state index in [0.29, 0.717) is 16.8 Å². The molecule has 1 unspecified atom stereocenters. The molecule has 1 heterocycles. The van der Waals surface area contributed by atoms with Crippen molar-refractivity contribution in [3.05, 3.63) is 96.6 Å². The van der Waals surface area contributed by atoms with E-state index < -0.39 is 23.0 Å². The molecule has 1 atom stereocenters. The Kier molecular flexibility index (Phi) is 5.98. The van der Waals surface area contributed by atoms with Crippen LogP contribution in [0.4, 0.5) is 18.9 Å². The Labute approximate surface area is 201 Å². The lowest BCUT2D eigenvalue weighted by Gasteiger charge is -2.13. The highest BCUT2D eigenvalue weighted by atomic mass is 32.2. The standard InChI is InChI=1S/C26H18F3N3O2S/c27-26(28,29)20-14-24(17-7-10-21(11-8-17)31-32-35(33)34)30-25(15-20)19-9-12-23-18(13-19)6-5-16-3-1-2-4-22(16)23/h1-15,31-32H,(H,33,34). The third kappa shape index (κ3) is 4.88. The Morgan fingerprint density at radius 3 is 2.09 bits per heavy atom. The van der Waals surface area contributed by atoms with Gasteiger partial charge in [-0.1, -0.05) is 60.7 Å². The highest BCUT2D eigenvalue weighted by molar-refractivity contribution is 7.77. The second kappa shape index (κ2) is 9.10. The molecule has 9 heteroatoms. The normalized spacial score (nSPS) is 12.7. The van der Waals surface area contributed by atoms with Crippen LogP contribution in [0.15, 0.2) is 91.0 Å². The van der Waals surface area contributed by atoms with Crippen molar-refractivity contribution in [3.63, 3.8) is 0 Å². The minimum absolute atomic E-state index is 0.165. The summed E-state index contributed by atoms with van der Waals surface area (Å²) in [4.78, 5) is 6.66. The molecule has 0 aliphatic carbocycles. The molecule has 0 spiro atoms. The van der Waals surface area contributed by atoms with Crippen LogP contribution in [0.25, 0.3) is 44.1 Å². The third-order valence-corrected chi connectivity index (χ3v) is 5.93. The first-order valence-corrected chi connectivity index (χ1v) is 11.6. The van der Waals surface area contributed by atoms with Crippen LogP contribution in [-0.2, 0) is 17.4 Å². The Morgan fingerprint density at radius 1 is 0.743 bits per heavy atom. The topological polar surface area (TPSA) is 74.2 Å². The Balaban J connectivity index is 1.58. The average molecular weight is 494 g/mol. The number of rotatable bonds is 5. The summed E-state index contributed by atoms with van der Waals surface area (Å²) < 4.78 is 60.8. The monoisotopic (exact) mass is 493 g/mol. The molecule has 0 saturated heterocycles. The summed E-state index contributed by atoms with van der Waals surface area (Å²) >= 11 is -2.26. The van der Waals surface area contributed by atoms with Crippen LogP contribution in [0.3, 0.4) is 0 Å². The largest absolute Gasteiger partial charge is 0.416 e. The van der Waals surface area contributed by atoms with E-state index in [-0.39, 0.29) is 11.4 Å². The van der Waals surface area contributed by atoms with E-state index in [1.165, 1.54) is 0 Å². The van der Waals surface area contributed by atoms with Crippen LogP contribution < -0.4 is 10.3 Å². The number of hydrogen-bond acceptors (Lipinski definition) is 3. The molecule has 0 fully saturated rings. The first-order valence-electron chi connectivity index (χ1n) is 10.5. The summed E-state index contributed by atoms with van der Waals surface area (Å²) in [5.74, 6) is 0. The van der Waals surface area contributed by atoms with E-state index in [1.54, 1.807) is 30.3 Å². The maximum Gasteiger partial charge on any atom is 0.416 e. The van der Waals surface area contributed by atoms with E-state index >= 15 is 0 Å². The Morgan fingerprint density at radius 2 is 1.37 bits per heavy atom. The Hall–Kier alpha value is -3.79. The van der Waals surface area contributed by atoms with Gasteiger partial charge in [-0.15, -0.1) is 4.83 Å². The van der Waals surface area contributed by atoms with Gasteiger partial charge < -0.3 is 5.43 Å². The van der Waals surface area contributed by atoms with Crippen molar-refractivity contribution in [2.75, 3.05) is 5.43 Å². The first kappa shape index (κ1) is 23.0. The molecule has 0 amide bonds. The van der Waals surface area contributed by atoms with Gasteiger partial charge in [0.1, 0.15) is 0 Å².